The number of carbonyl (C=O) groups is 3. The minimum absolute atomic E-state index is 0.179. The molecule has 7 rings (SSSR count). The molecule has 0 aliphatic carbocycles. The lowest BCUT2D eigenvalue weighted by atomic mass is 10.1. The van der Waals surface area contributed by atoms with Crippen LogP contribution in [0.1, 0.15) is 88.9 Å². The molecule has 4 aliphatic heterocycles. The first-order valence-corrected chi connectivity index (χ1v) is 17.8. The highest BCUT2D eigenvalue weighted by atomic mass is 16.2. The van der Waals surface area contributed by atoms with Gasteiger partial charge < -0.3 is 29.4 Å². The molecule has 0 aromatic heterocycles. The zero-order chi connectivity index (χ0) is 33.4. The highest BCUT2D eigenvalue weighted by molar-refractivity contribution is 6.13. The Morgan fingerprint density at radius 1 is 0.333 bits per heavy atom. The first kappa shape index (κ1) is 32.0. The van der Waals surface area contributed by atoms with Crippen molar-refractivity contribution < 1.29 is 14.4 Å². The van der Waals surface area contributed by atoms with Crippen LogP contribution in [0, 0.1) is 0 Å². The van der Waals surface area contributed by atoms with Crippen molar-refractivity contribution in [3.05, 3.63) is 71.3 Å². The topological polar surface area (TPSA) is 70.7 Å². The van der Waals surface area contributed by atoms with Crippen LogP contribution in [0.15, 0.2) is 54.6 Å². The molecule has 6 bridgehead atoms. The third-order valence-electron chi connectivity index (χ3n) is 10.7. The molecule has 3 fully saturated rings. The van der Waals surface area contributed by atoms with Crippen molar-refractivity contribution in [3.8, 4) is 0 Å². The van der Waals surface area contributed by atoms with Crippen molar-refractivity contribution in [2.45, 2.75) is 57.8 Å². The number of nitrogens with zero attached hydrogens (tertiary/aromatic N) is 6. The second-order valence-corrected chi connectivity index (χ2v) is 13.9. The average Bonchev–Trinajstić information content (AvgIpc) is 3.16. The van der Waals surface area contributed by atoms with Gasteiger partial charge in [-0.1, -0.05) is 0 Å². The van der Waals surface area contributed by atoms with Gasteiger partial charge in [-0.05, 0) is 112 Å². The van der Waals surface area contributed by atoms with E-state index in [9.17, 15) is 14.4 Å². The molecule has 3 amide bonds. The summed E-state index contributed by atoms with van der Waals surface area (Å²) < 4.78 is 0. The van der Waals surface area contributed by atoms with Crippen LogP contribution >= 0.6 is 0 Å². The van der Waals surface area contributed by atoms with E-state index in [0.29, 0.717) is 33.8 Å². The van der Waals surface area contributed by atoms with Crippen molar-refractivity contribution in [3.63, 3.8) is 0 Å². The molecule has 0 atom stereocenters. The van der Waals surface area contributed by atoms with Crippen molar-refractivity contribution in [1.29, 1.82) is 0 Å². The first-order chi connectivity index (χ1) is 23.3. The molecule has 3 aromatic rings. The Morgan fingerprint density at radius 2 is 0.562 bits per heavy atom. The van der Waals surface area contributed by atoms with Crippen LogP contribution in [0.2, 0.25) is 0 Å². The lowest BCUT2D eigenvalue weighted by molar-refractivity contribution is 0.0982. The van der Waals surface area contributed by atoms with Gasteiger partial charge >= 0.3 is 0 Å². The lowest BCUT2D eigenvalue weighted by Gasteiger charge is -2.31. The van der Waals surface area contributed by atoms with E-state index < -0.39 is 0 Å². The Hall–Kier alpha value is -4.53. The summed E-state index contributed by atoms with van der Waals surface area (Å²) >= 11 is 0. The van der Waals surface area contributed by atoms with E-state index >= 15 is 0 Å². The summed E-state index contributed by atoms with van der Waals surface area (Å²) in [5.41, 5.74) is 6.42. The maximum atomic E-state index is 14.4. The highest BCUT2D eigenvalue weighted by Gasteiger charge is 2.27. The molecule has 4 heterocycles. The van der Waals surface area contributed by atoms with Crippen molar-refractivity contribution in [1.82, 2.24) is 0 Å². The number of carbonyl (C=O) groups excluding carboxylic acids is 3. The minimum Gasteiger partial charge on any atom is -0.371 e. The Kier molecular flexibility index (Phi) is 9.03. The number of amides is 3. The van der Waals surface area contributed by atoms with Crippen molar-refractivity contribution >= 4 is 51.8 Å². The second kappa shape index (κ2) is 13.5. The molecule has 0 saturated carbocycles. The third-order valence-corrected chi connectivity index (χ3v) is 10.7. The quantitative estimate of drug-likeness (QED) is 0.311. The normalized spacial score (nSPS) is 19.4. The van der Waals surface area contributed by atoms with E-state index in [0.717, 1.165) is 94.9 Å². The van der Waals surface area contributed by atoms with Gasteiger partial charge in [-0.2, -0.15) is 0 Å². The number of fused-ring (bicyclic) bond motifs is 6. The SMILES string of the molecule is CN1C(=O)c2cc(N3CCCCC3)cc(c2)N(C)C(=O)c2cc(N3CCCCC3)cc(c2)N(C)C(=O)c2cc(N3CCCCC3)cc1c2. The largest absolute Gasteiger partial charge is 0.371 e. The predicted octanol–water partition coefficient (Wildman–Crippen LogP) is 6.80. The number of hydrogen-bond donors (Lipinski definition) is 0. The van der Waals surface area contributed by atoms with Gasteiger partial charge in [-0.3, -0.25) is 14.4 Å². The number of benzene rings is 3. The molecular weight excluding hydrogens is 600 g/mol. The number of hydrogen-bond acceptors (Lipinski definition) is 6. The van der Waals surface area contributed by atoms with Crippen LogP contribution in [0.4, 0.5) is 34.1 Å². The summed E-state index contributed by atoms with van der Waals surface area (Å²) in [5.74, 6) is -0.538. The predicted molar refractivity (Wildman–Crippen MR) is 196 cm³/mol. The van der Waals surface area contributed by atoms with E-state index in [-0.39, 0.29) is 17.7 Å². The van der Waals surface area contributed by atoms with Gasteiger partial charge in [0.15, 0.2) is 0 Å². The summed E-state index contributed by atoms with van der Waals surface area (Å²) in [4.78, 5) is 55.0. The molecule has 0 spiro atoms. The lowest BCUT2D eigenvalue weighted by Crippen LogP contribution is -2.32. The molecule has 48 heavy (non-hydrogen) atoms. The Balaban J connectivity index is 1.41. The zero-order valence-corrected chi connectivity index (χ0v) is 28.7. The van der Waals surface area contributed by atoms with Crippen molar-refractivity contribution in [2.75, 3.05) is 89.8 Å². The average molecular weight is 649 g/mol. The molecule has 252 valence electrons. The van der Waals surface area contributed by atoms with E-state index in [1.165, 1.54) is 19.3 Å². The smallest absolute Gasteiger partial charge is 0.258 e. The summed E-state index contributed by atoms with van der Waals surface area (Å²) in [6, 6.07) is 17.5. The van der Waals surface area contributed by atoms with Gasteiger partial charge in [0.1, 0.15) is 0 Å². The molecule has 3 aromatic carbocycles. The fourth-order valence-electron chi connectivity index (χ4n) is 7.67. The highest BCUT2D eigenvalue weighted by Crippen LogP contribution is 2.35. The number of anilines is 6. The molecule has 9 heteroatoms. The fourth-order valence-corrected chi connectivity index (χ4v) is 7.67. The fraction of sp³-hybridized carbons (Fsp3) is 0.462. The molecular formula is C39H48N6O3. The molecule has 0 N–H and O–H groups in total. The Morgan fingerprint density at radius 3 is 0.812 bits per heavy atom. The number of rotatable bonds is 3. The molecule has 3 saturated heterocycles. The van der Waals surface area contributed by atoms with Gasteiger partial charge in [0.25, 0.3) is 17.7 Å². The maximum absolute atomic E-state index is 14.4. The van der Waals surface area contributed by atoms with E-state index in [1.807, 2.05) is 54.6 Å². The minimum atomic E-state index is -0.179. The van der Waals surface area contributed by atoms with Crippen LogP contribution in [0.5, 0.6) is 0 Å². The summed E-state index contributed by atoms with van der Waals surface area (Å²) in [7, 11) is 5.34. The van der Waals surface area contributed by atoms with Gasteiger partial charge in [-0.25, -0.2) is 0 Å². The van der Waals surface area contributed by atoms with Gasteiger partial charge in [0.05, 0.1) is 0 Å². The van der Waals surface area contributed by atoms with E-state index in [1.54, 1.807) is 35.8 Å². The second-order valence-electron chi connectivity index (χ2n) is 13.9. The van der Waals surface area contributed by atoms with Crippen LogP contribution in [0.25, 0.3) is 0 Å². The van der Waals surface area contributed by atoms with Gasteiger partial charge in [0, 0.05) is 111 Å². The monoisotopic (exact) mass is 648 g/mol. The van der Waals surface area contributed by atoms with Gasteiger partial charge in [-0.15, -0.1) is 0 Å². The third kappa shape index (κ3) is 6.34. The summed E-state index contributed by atoms with van der Waals surface area (Å²) in [5, 5.41) is 0. The summed E-state index contributed by atoms with van der Waals surface area (Å²) in [6.45, 7) is 5.51. The summed E-state index contributed by atoms with van der Waals surface area (Å²) in [6.07, 6.45) is 10.2. The standard InChI is InChI=1S/C39H48N6O3/c1-40-31-19-29(23-34(25-31)43-13-7-4-8-14-43)38(47)42(3)33-21-30(24-36(27-33)45-17-11-6-12-18-45)39(48)41(2)32-20-28(37(40)46)22-35(26-32)44-15-9-5-10-16-44/h19-27H,4-18H2,1-3H3. The zero-order valence-electron chi connectivity index (χ0n) is 28.7. The van der Waals surface area contributed by atoms with Crippen LogP contribution < -0.4 is 29.4 Å². The molecule has 0 unspecified atom stereocenters. The first-order valence-electron chi connectivity index (χ1n) is 17.8. The van der Waals surface area contributed by atoms with Gasteiger partial charge in [0.2, 0.25) is 0 Å². The Bertz CT molecular complexity index is 1510. The van der Waals surface area contributed by atoms with Crippen LogP contribution in [-0.4, -0.2) is 78.1 Å². The number of piperidine rings is 3. The maximum Gasteiger partial charge on any atom is 0.258 e. The van der Waals surface area contributed by atoms with E-state index in [2.05, 4.69) is 14.7 Å². The molecule has 4 aliphatic rings. The molecule has 9 nitrogen and oxygen atoms in total. The Labute approximate surface area is 284 Å². The van der Waals surface area contributed by atoms with Crippen LogP contribution in [0.3, 0.4) is 0 Å². The van der Waals surface area contributed by atoms with Crippen molar-refractivity contribution in [2.24, 2.45) is 0 Å². The van der Waals surface area contributed by atoms with Crippen LogP contribution in [-0.2, 0) is 0 Å². The molecule has 0 radical (unpaired) electrons. The van der Waals surface area contributed by atoms with E-state index in [4.69, 9.17) is 0 Å².